The van der Waals surface area contributed by atoms with Crippen molar-refractivity contribution >= 4 is 34.8 Å². The minimum Gasteiger partial charge on any atom is -0.399 e. The van der Waals surface area contributed by atoms with Gasteiger partial charge < -0.3 is 31.5 Å². The molecule has 0 unspecified atom stereocenters. The van der Waals surface area contributed by atoms with Gasteiger partial charge in [-0.2, -0.15) is 15.1 Å². The van der Waals surface area contributed by atoms with Gasteiger partial charge in [0.1, 0.15) is 23.8 Å². The largest absolute Gasteiger partial charge is 0.399 e. The second-order valence-corrected chi connectivity index (χ2v) is 6.53. The SMILES string of the molecule is Nc1cccc(/C=N/Nc2nc(N)c3ncn([C@@H]4O[C@H](CO)[C@@H](O)[C@H]4O)c3n2)c1. The number of aliphatic hydroxyl groups excluding tert-OH is 3. The van der Waals surface area contributed by atoms with Gasteiger partial charge in [0.25, 0.3) is 0 Å². The van der Waals surface area contributed by atoms with Crippen LogP contribution in [0.2, 0.25) is 0 Å². The lowest BCUT2D eigenvalue weighted by Gasteiger charge is -2.16. The van der Waals surface area contributed by atoms with E-state index in [0.29, 0.717) is 11.2 Å². The molecule has 0 radical (unpaired) electrons. The number of imidazole rings is 1. The third kappa shape index (κ3) is 3.56. The van der Waals surface area contributed by atoms with Crippen LogP contribution in [0.25, 0.3) is 11.2 Å². The number of nitrogens with zero attached hydrogens (tertiary/aromatic N) is 5. The molecule has 1 aliphatic rings. The molecule has 4 atom stereocenters. The Bertz CT molecular complexity index is 1060. The summed E-state index contributed by atoms with van der Waals surface area (Å²) in [5.74, 6) is 0.200. The molecule has 1 fully saturated rings. The van der Waals surface area contributed by atoms with Gasteiger partial charge >= 0.3 is 0 Å². The van der Waals surface area contributed by atoms with Gasteiger partial charge in [-0.1, -0.05) is 12.1 Å². The van der Waals surface area contributed by atoms with Crippen LogP contribution < -0.4 is 16.9 Å². The van der Waals surface area contributed by atoms with Crippen LogP contribution >= 0.6 is 0 Å². The second kappa shape index (κ2) is 7.60. The standard InChI is InChI=1S/C17H20N8O4/c18-9-3-1-2-8(4-9)5-21-24-17-22-14(19)11-15(23-17)25(7-20-11)16-13(28)12(27)10(6-26)29-16/h1-5,7,10,12-13,16,26-28H,6,18H2,(H3,19,22,23,24)/b21-5+/t10-,12-,13-,16-/m1/s1. The van der Waals surface area contributed by atoms with Crippen LogP contribution in [0.4, 0.5) is 17.5 Å². The molecule has 1 aliphatic heterocycles. The molecule has 3 heterocycles. The van der Waals surface area contributed by atoms with Crippen LogP contribution in [0.3, 0.4) is 0 Å². The summed E-state index contributed by atoms with van der Waals surface area (Å²) in [4.78, 5) is 12.6. The monoisotopic (exact) mass is 400 g/mol. The third-order valence-electron chi connectivity index (χ3n) is 4.53. The van der Waals surface area contributed by atoms with Gasteiger partial charge in [0, 0.05) is 5.69 Å². The Morgan fingerprint density at radius 1 is 1.24 bits per heavy atom. The zero-order chi connectivity index (χ0) is 20.5. The lowest BCUT2D eigenvalue weighted by Crippen LogP contribution is -2.33. The molecule has 4 rings (SSSR count). The van der Waals surface area contributed by atoms with Crippen molar-refractivity contribution in [2.75, 3.05) is 23.5 Å². The lowest BCUT2D eigenvalue weighted by atomic mass is 10.1. The maximum Gasteiger partial charge on any atom is 0.247 e. The second-order valence-electron chi connectivity index (χ2n) is 6.53. The summed E-state index contributed by atoms with van der Waals surface area (Å²) in [5, 5.41) is 33.6. The van der Waals surface area contributed by atoms with E-state index in [-0.39, 0.29) is 17.4 Å². The van der Waals surface area contributed by atoms with Crippen LogP contribution in [-0.4, -0.2) is 66.0 Å². The van der Waals surface area contributed by atoms with E-state index in [4.69, 9.17) is 16.2 Å². The van der Waals surface area contributed by atoms with E-state index in [1.54, 1.807) is 24.4 Å². The summed E-state index contributed by atoms with van der Waals surface area (Å²) in [7, 11) is 0. The zero-order valence-electron chi connectivity index (χ0n) is 15.1. The predicted molar refractivity (Wildman–Crippen MR) is 105 cm³/mol. The van der Waals surface area contributed by atoms with Crippen molar-refractivity contribution in [3.8, 4) is 0 Å². The van der Waals surface area contributed by atoms with Crippen molar-refractivity contribution in [2.24, 2.45) is 5.10 Å². The molecule has 2 aromatic heterocycles. The van der Waals surface area contributed by atoms with Gasteiger partial charge in [0.05, 0.1) is 19.1 Å². The lowest BCUT2D eigenvalue weighted by molar-refractivity contribution is -0.0511. The maximum absolute atomic E-state index is 10.3. The van der Waals surface area contributed by atoms with Crippen molar-refractivity contribution in [1.29, 1.82) is 0 Å². The predicted octanol–water partition coefficient (Wildman–Crippen LogP) is -0.952. The highest BCUT2D eigenvalue weighted by Gasteiger charge is 2.44. The van der Waals surface area contributed by atoms with E-state index >= 15 is 0 Å². The molecule has 12 heteroatoms. The summed E-state index contributed by atoms with van der Waals surface area (Å²) in [5.41, 5.74) is 16.3. The molecule has 0 bridgehead atoms. The van der Waals surface area contributed by atoms with E-state index in [2.05, 4.69) is 25.5 Å². The molecule has 29 heavy (non-hydrogen) atoms. The molecule has 0 aliphatic carbocycles. The van der Waals surface area contributed by atoms with Gasteiger partial charge in [0.2, 0.25) is 5.95 Å². The summed E-state index contributed by atoms with van der Waals surface area (Å²) in [6.45, 7) is -0.440. The van der Waals surface area contributed by atoms with E-state index in [9.17, 15) is 15.3 Å². The fourth-order valence-electron chi connectivity index (χ4n) is 3.09. The first-order valence-corrected chi connectivity index (χ1v) is 8.75. The van der Waals surface area contributed by atoms with E-state index in [1.165, 1.54) is 10.9 Å². The Morgan fingerprint density at radius 3 is 2.79 bits per heavy atom. The fourth-order valence-corrected chi connectivity index (χ4v) is 3.09. The number of aliphatic hydroxyl groups is 3. The van der Waals surface area contributed by atoms with Crippen molar-refractivity contribution in [2.45, 2.75) is 24.5 Å². The highest BCUT2D eigenvalue weighted by molar-refractivity contribution is 5.84. The number of aromatic nitrogens is 4. The Kier molecular flexibility index (Phi) is 4.98. The van der Waals surface area contributed by atoms with Crippen LogP contribution in [0.15, 0.2) is 35.7 Å². The Hall–Kier alpha value is -3.32. The first kappa shape index (κ1) is 19.0. The molecule has 12 nitrogen and oxygen atoms in total. The average molecular weight is 400 g/mol. The summed E-state index contributed by atoms with van der Waals surface area (Å²) < 4.78 is 6.95. The molecule has 1 saturated heterocycles. The number of anilines is 3. The number of hydrogen-bond donors (Lipinski definition) is 6. The Labute approximate surface area is 164 Å². The number of fused-ring (bicyclic) bond motifs is 1. The molecular weight excluding hydrogens is 380 g/mol. The maximum atomic E-state index is 10.3. The smallest absolute Gasteiger partial charge is 0.247 e. The summed E-state index contributed by atoms with van der Waals surface area (Å²) in [6.07, 6.45) is -1.53. The van der Waals surface area contributed by atoms with Crippen LogP contribution in [0, 0.1) is 0 Å². The van der Waals surface area contributed by atoms with Gasteiger partial charge in [-0.3, -0.25) is 4.57 Å². The minimum atomic E-state index is -1.28. The van der Waals surface area contributed by atoms with Gasteiger partial charge in [-0.15, -0.1) is 0 Å². The summed E-state index contributed by atoms with van der Waals surface area (Å²) in [6, 6.07) is 7.15. The van der Waals surface area contributed by atoms with Crippen LogP contribution in [0.5, 0.6) is 0 Å². The molecular formula is C17H20N8O4. The quantitative estimate of drug-likeness (QED) is 0.177. The number of rotatable bonds is 5. The highest BCUT2D eigenvalue weighted by Crippen LogP contribution is 2.32. The molecule has 1 aromatic carbocycles. The number of ether oxygens (including phenoxy) is 1. The normalized spacial score (nSPS) is 24.5. The first-order chi connectivity index (χ1) is 14.0. The number of benzene rings is 1. The average Bonchev–Trinajstić information content (AvgIpc) is 3.24. The van der Waals surface area contributed by atoms with E-state index < -0.39 is 31.1 Å². The molecule has 8 N–H and O–H groups in total. The van der Waals surface area contributed by atoms with Gasteiger partial charge in [-0.25, -0.2) is 10.4 Å². The highest BCUT2D eigenvalue weighted by atomic mass is 16.6. The molecule has 0 saturated carbocycles. The number of nitrogens with two attached hydrogens (primary N) is 2. The number of hydrogen-bond acceptors (Lipinski definition) is 11. The zero-order valence-corrected chi connectivity index (χ0v) is 15.1. The summed E-state index contributed by atoms with van der Waals surface area (Å²) >= 11 is 0. The van der Waals surface area contributed by atoms with Crippen LogP contribution in [-0.2, 0) is 4.74 Å². The first-order valence-electron chi connectivity index (χ1n) is 8.75. The molecule has 0 spiro atoms. The van der Waals surface area contributed by atoms with Gasteiger partial charge in [0.15, 0.2) is 17.7 Å². The number of nitrogens with one attached hydrogen (secondary N) is 1. The van der Waals surface area contributed by atoms with Crippen molar-refractivity contribution < 1.29 is 20.1 Å². The van der Waals surface area contributed by atoms with E-state index in [1.807, 2.05) is 6.07 Å². The molecule has 0 amide bonds. The van der Waals surface area contributed by atoms with Gasteiger partial charge in [-0.05, 0) is 17.7 Å². The topological polar surface area (TPSA) is 190 Å². The van der Waals surface area contributed by atoms with Crippen molar-refractivity contribution in [1.82, 2.24) is 19.5 Å². The van der Waals surface area contributed by atoms with E-state index in [0.717, 1.165) is 5.56 Å². The fraction of sp³-hybridized carbons (Fsp3) is 0.294. The Balaban J connectivity index is 1.62. The number of hydrazone groups is 1. The minimum absolute atomic E-state index is 0.0992. The number of nitrogen functional groups attached to an aromatic ring is 2. The Morgan fingerprint density at radius 2 is 2.07 bits per heavy atom. The third-order valence-corrected chi connectivity index (χ3v) is 4.53. The molecule has 152 valence electrons. The van der Waals surface area contributed by atoms with Crippen molar-refractivity contribution in [3.63, 3.8) is 0 Å². The van der Waals surface area contributed by atoms with Crippen LogP contribution in [0.1, 0.15) is 11.8 Å². The molecule has 3 aromatic rings. The van der Waals surface area contributed by atoms with Crippen molar-refractivity contribution in [3.05, 3.63) is 36.2 Å².